The normalized spacial score (nSPS) is 15.6. The van der Waals surface area contributed by atoms with Crippen LogP contribution in [-0.4, -0.2) is 42.5 Å². The predicted octanol–water partition coefficient (Wildman–Crippen LogP) is 4.58. The van der Waals surface area contributed by atoms with Crippen LogP contribution in [0.2, 0.25) is 10.0 Å². The van der Waals surface area contributed by atoms with E-state index in [1.807, 2.05) is 23.4 Å². The summed E-state index contributed by atoms with van der Waals surface area (Å²) >= 11 is 13.5. The van der Waals surface area contributed by atoms with Gasteiger partial charge in [-0.15, -0.1) is 11.3 Å². The molecule has 134 valence electrons. The van der Waals surface area contributed by atoms with Crippen LogP contribution in [0.4, 0.5) is 0 Å². The molecule has 3 rings (SSSR count). The minimum atomic E-state index is 0.0228. The van der Waals surface area contributed by atoms with Gasteiger partial charge in [-0.2, -0.15) is 0 Å². The lowest BCUT2D eigenvalue weighted by molar-refractivity contribution is 0.0682. The summed E-state index contributed by atoms with van der Waals surface area (Å²) in [5.41, 5.74) is 1.39. The number of hydrogen-bond donors (Lipinski definition) is 1. The van der Waals surface area contributed by atoms with Crippen LogP contribution in [0.25, 0.3) is 10.6 Å². The largest absolute Gasteiger partial charge is 0.337 e. The van der Waals surface area contributed by atoms with Gasteiger partial charge in [0.1, 0.15) is 10.7 Å². The van der Waals surface area contributed by atoms with Gasteiger partial charge in [0.25, 0.3) is 5.91 Å². The number of likely N-dealkylation sites (tertiary alicyclic amines) is 1. The highest BCUT2D eigenvalue weighted by Crippen LogP contribution is 2.31. The van der Waals surface area contributed by atoms with Crippen molar-refractivity contribution in [2.45, 2.75) is 19.3 Å². The summed E-state index contributed by atoms with van der Waals surface area (Å²) in [7, 11) is 1.98. The fraction of sp³-hybridized carbons (Fsp3) is 0.444. The van der Waals surface area contributed by atoms with Gasteiger partial charge in [-0.1, -0.05) is 29.3 Å². The molecule has 1 aromatic carbocycles. The molecule has 0 saturated carbocycles. The summed E-state index contributed by atoms with van der Waals surface area (Å²) in [4.78, 5) is 19.1. The zero-order chi connectivity index (χ0) is 17.8. The molecule has 0 spiro atoms. The van der Waals surface area contributed by atoms with Gasteiger partial charge >= 0.3 is 0 Å². The van der Waals surface area contributed by atoms with Gasteiger partial charge in [-0.3, -0.25) is 4.79 Å². The van der Waals surface area contributed by atoms with E-state index in [2.05, 4.69) is 10.3 Å². The fourth-order valence-corrected chi connectivity index (χ4v) is 4.16. The second-order valence-electron chi connectivity index (χ2n) is 6.29. The molecule has 25 heavy (non-hydrogen) atoms. The van der Waals surface area contributed by atoms with Crippen molar-refractivity contribution in [3.8, 4) is 10.6 Å². The molecule has 0 bridgehead atoms. The average Bonchev–Trinajstić information content (AvgIpc) is 3.12. The third-order valence-corrected chi connectivity index (χ3v) is 6.22. The molecule has 1 aliphatic rings. The van der Waals surface area contributed by atoms with Crippen LogP contribution in [0.1, 0.15) is 29.8 Å². The minimum absolute atomic E-state index is 0.0228. The smallest absolute Gasteiger partial charge is 0.273 e. The lowest BCUT2D eigenvalue weighted by Crippen LogP contribution is -2.39. The van der Waals surface area contributed by atoms with Gasteiger partial charge in [0.05, 0.1) is 10.0 Å². The van der Waals surface area contributed by atoms with E-state index in [9.17, 15) is 4.79 Å². The van der Waals surface area contributed by atoms with Crippen LogP contribution in [0, 0.1) is 5.92 Å². The summed E-state index contributed by atoms with van der Waals surface area (Å²) in [5, 5.41) is 6.81. The Kier molecular flexibility index (Phi) is 6.34. The van der Waals surface area contributed by atoms with E-state index in [1.54, 1.807) is 12.1 Å². The molecule has 7 heteroatoms. The zero-order valence-corrected chi connectivity index (χ0v) is 16.4. The van der Waals surface area contributed by atoms with Crippen molar-refractivity contribution in [3.63, 3.8) is 0 Å². The highest BCUT2D eigenvalue weighted by molar-refractivity contribution is 7.13. The molecule has 0 atom stereocenters. The second kappa shape index (κ2) is 8.49. The predicted molar refractivity (Wildman–Crippen MR) is 105 cm³/mol. The molecular weight excluding hydrogens is 377 g/mol. The highest BCUT2D eigenvalue weighted by Gasteiger charge is 2.25. The minimum Gasteiger partial charge on any atom is -0.337 e. The van der Waals surface area contributed by atoms with E-state index in [0.717, 1.165) is 43.0 Å². The molecule has 1 aromatic heterocycles. The van der Waals surface area contributed by atoms with Crippen molar-refractivity contribution in [2.75, 3.05) is 26.7 Å². The van der Waals surface area contributed by atoms with E-state index in [1.165, 1.54) is 17.8 Å². The number of hydrogen-bond acceptors (Lipinski definition) is 4. The first-order valence-corrected chi connectivity index (χ1v) is 10.1. The van der Waals surface area contributed by atoms with E-state index in [-0.39, 0.29) is 5.91 Å². The van der Waals surface area contributed by atoms with Gasteiger partial charge in [0.2, 0.25) is 0 Å². The first kappa shape index (κ1) is 18.6. The Labute approximate surface area is 162 Å². The van der Waals surface area contributed by atoms with Gasteiger partial charge in [0, 0.05) is 24.0 Å². The van der Waals surface area contributed by atoms with Crippen molar-refractivity contribution in [3.05, 3.63) is 39.3 Å². The molecule has 2 heterocycles. The molecular formula is C18H21Cl2N3OS. The van der Waals surface area contributed by atoms with Crippen LogP contribution in [0.5, 0.6) is 0 Å². The number of carbonyl (C=O) groups is 1. The summed E-state index contributed by atoms with van der Waals surface area (Å²) in [5.74, 6) is 0.730. The third kappa shape index (κ3) is 4.53. The van der Waals surface area contributed by atoms with E-state index in [0.29, 0.717) is 21.7 Å². The summed E-state index contributed by atoms with van der Waals surface area (Å²) in [6.45, 7) is 2.66. The number of aromatic nitrogens is 1. The topological polar surface area (TPSA) is 45.2 Å². The number of carbonyl (C=O) groups excluding carboxylic acids is 1. The average molecular weight is 398 g/mol. The number of piperidine rings is 1. The molecule has 1 fully saturated rings. The SMILES string of the molecule is CNCCC1CCN(C(=O)c2csc(-c3ccc(Cl)c(Cl)c3)n2)CC1. The number of nitrogens with one attached hydrogen (secondary N) is 1. The Balaban J connectivity index is 1.64. The maximum atomic E-state index is 12.7. The lowest BCUT2D eigenvalue weighted by atomic mass is 9.93. The maximum Gasteiger partial charge on any atom is 0.273 e. The number of halogens is 2. The summed E-state index contributed by atoms with van der Waals surface area (Å²) in [6.07, 6.45) is 3.31. The Morgan fingerprint density at radius 3 is 2.76 bits per heavy atom. The summed E-state index contributed by atoms with van der Waals surface area (Å²) < 4.78 is 0. The van der Waals surface area contributed by atoms with Crippen LogP contribution in [-0.2, 0) is 0 Å². The van der Waals surface area contributed by atoms with Crippen LogP contribution >= 0.6 is 34.5 Å². The number of nitrogens with zero attached hydrogens (tertiary/aromatic N) is 2. The van der Waals surface area contributed by atoms with Gasteiger partial charge < -0.3 is 10.2 Å². The Morgan fingerprint density at radius 1 is 1.32 bits per heavy atom. The van der Waals surface area contributed by atoms with Crippen LogP contribution in [0.3, 0.4) is 0 Å². The van der Waals surface area contributed by atoms with Crippen molar-refractivity contribution in [2.24, 2.45) is 5.92 Å². The van der Waals surface area contributed by atoms with Crippen molar-refractivity contribution < 1.29 is 4.79 Å². The standard InChI is InChI=1S/C18H21Cl2N3OS/c1-21-7-4-12-5-8-23(9-6-12)18(24)16-11-25-17(22-16)13-2-3-14(19)15(20)10-13/h2-3,10-12,21H,4-9H2,1H3. The number of benzene rings is 1. The molecule has 0 unspecified atom stereocenters. The molecule has 1 N–H and O–H groups in total. The third-order valence-electron chi connectivity index (χ3n) is 4.59. The molecule has 0 radical (unpaired) electrons. The number of thiazole rings is 1. The molecule has 1 saturated heterocycles. The molecule has 1 amide bonds. The zero-order valence-electron chi connectivity index (χ0n) is 14.1. The van der Waals surface area contributed by atoms with Crippen molar-refractivity contribution in [1.82, 2.24) is 15.2 Å². The number of rotatable bonds is 5. The molecule has 2 aromatic rings. The monoisotopic (exact) mass is 397 g/mol. The summed E-state index contributed by atoms with van der Waals surface area (Å²) in [6, 6.07) is 5.40. The Hall–Kier alpha value is -1.14. The van der Waals surface area contributed by atoms with Crippen molar-refractivity contribution in [1.29, 1.82) is 0 Å². The van der Waals surface area contributed by atoms with Crippen LogP contribution in [0.15, 0.2) is 23.6 Å². The fourth-order valence-electron chi connectivity index (χ4n) is 3.07. The molecule has 0 aliphatic carbocycles. The number of amides is 1. The Bertz CT molecular complexity index is 742. The maximum absolute atomic E-state index is 12.7. The van der Waals surface area contributed by atoms with Gasteiger partial charge in [-0.25, -0.2) is 4.98 Å². The molecule has 4 nitrogen and oxygen atoms in total. The first-order chi connectivity index (χ1) is 12.1. The van der Waals surface area contributed by atoms with Crippen molar-refractivity contribution >= 4 is 40.4 Å². The van der Waals surface area contributed by atoms with E-state index in [4.69, 9.17) is 23.2 Å². The van der Waals surface area contributed by atoms with Gasteiger partial charge in [0.15, 0.2) is 0 Å². The molecule has 1 aliphatic heterocycles. The lowest BCUT2D eigenvalue weighted by Gasteiger charge is -2.31. The highest BCUT2D eigenvalue weighted by atomic mass is 35.5. The van der Waals surface area contributed by atoms with Crippen LogP contribution < -0.4 is 5.32 Å². The second-order valence-corrected chi connectivity index (χ2v) is 7.97. The van der Waals surface area contributed by atoms with E-state index >= 15 is 0 Å². The Morgan fingerprint density at radius 2 is 2.08 bits per heavy atom. The van der Waals surface area contributed by atoms with Gasteiger partial charge in [-0.05, 0) is 50.9 Å². The first-order valence-electron chi connectivity index (χ1n) is 8.43. The van der Waals surface area contributed by atoms with E-state index < -0.39 is 0 Å². The quantitative estimate of drug-likeness (QED) is 0.802.